The minimum atomic E-state index is -4.14. The van der Waals surface area contributed by atoms with Crippen LogP contribution in [0.4, 0.5) is 13.2 Å². The fraction of sp³-hybridized carbons (Fsp3) is 1.00. The molecule has 1 unspecified atom stereocenters. The van der Waals surface area contributed by atoms with Crippen molar-refractivity contribution in [2.45, 2.75) is 45.8 Å². The molecule has 1 heterocycles. The van der Waals surface area contributed by atoms with Crippen molar-refractivity contribution in [3.63, 3.8) is 0 Å². The Bertz CT molecular complexity index is 276. The summed E-state index contributed by atoms with van der Waals surface area (Å²) in [5.41, 5.74) is -0.205. The van der Waals surface area contributed by atoms with Crippen LogP contribution in [-0.4, -0.2) is 56.5 Å². The van der Waals surface area contributed by atoms with Gasteiger partial charge in [0.05, 0.1) is 13.2 Å². The average Bonchev–Trinajstić information content (AvgIpc) is 2.35. The maximum atomic E-state index is 12.6. The molecule has 0 aromatic rings. The van der Waals surface area contributed by atoms with Crippen molar-refractivity contribution in [2.75, 3.05) is 39.4 Å². The third kappa shape index (κ3) is 6.41. The summed E-state index contributed by atoms with van der Waals surface area (Å²) in [5.74, 6) is 0. The molecule has 1 fully saturated rings. The molecular formula is C14H27F3N2O. The van der Waals surface area contributed by atoms with Gasteiger partial charge in [-0.05, 0) is 19.4 Å². The number of rotatable bonds is 7. The Morgan fingerprint density at radius 1 is 1.35 bits per heavy atom. The van der Waals surface area contributed by atoms with Gasteiger partial charge in [0.15, 0.2) is 0 Å². The molecule has 0 aromatic heterocycles. The summed E-state index contributed by atoms with van der Waals surface area (Å²) in [4.78, 5) is 1.48. The zero-order chi connectivity index (χ0) is 15.2. The molecule has 1 saturated heterocycles. The highest BCUT2D eigenvalue weighted by molar-refractivity contribution is 4.88. The zero-order valence-electron chi connectivity index (χ0n) is 12.7. The van der Waals surface area contributed by atoms with Crippen LogP contribution >= 0.6 is 0 Å². The largest absolute Gasteiger partial charge is 0.401 e. The lowest BCUT2D eigenvalue weighted by Gasteiger charge is -2.41. The van der Waals surface area contributed by atoms with E-state index in [1.165, 1.54) is 4.90 Å². The maximum absolute atomic E-state index is 12.6. The third-order valence-electron chi connectivity index (χ3n) is 3.70. The number of hydrogen-bond donors (Lipinski definition) is 1. The summed E-state index contributed by atoms with van der Waals surface area (Å²) in [5, 5.41) is 3.36. The van der Waals surface area contributed by atoms with E-state index in [0.717, 1.165) is 19.4 Å². The fourth-order valence-electron chi connectivity index (χ4n) is 2.66. The topological polar surface area (TPSA) is 24.5 Å². The average molecular weight is 296 g/mol. The molecule has 3 nitrogen and oxygen atoms in total. The van der Waals surface area contributed by atoms with Gasteiger partial charge in [0.25, 0.3) is 0 Å². The van der Waals surface area contributed by atoms with Gasteiger partial charge < -0.3 is 10.1 Å². The molecule has 20 heavy (non-hydrogen) atoms. The van der Waals surface area contributed by atoms with Crippen LogP contribution < -0.4 is 5.32 Å². The number of hydrogen-bond acceptors (Lipinski definition) is 3. The fourth-order valence-corrected chi connectivity index (χ4v) is 2.66. The predicted octanol–water partition coefficient (Wildman–Crippen LogP) is 2.67. The zero-order valence-corrected chi connectivity index (χ0v) is 12.7. The van der Waals surface area contributed by atoms with Crippen LogP contribution in [0.1, 0.15) is 33.6 Å². The highest BCUT2D eigenvalue weighted by Crippen LogP contribution is 2.30. The third-order valence-corrected chi connectivity index (χ3v) is 3.70. The molecule has 1 N–H and O–H groups in total. The lowest BCUT2D eigenvalue weighted by atomic mass is 9.81. The van der Waals surface area contributed by atoms with E-state index in [0.29, 0.717) is 32.3 Å². The molecule has 1 aliphatic heterocycles. The van der Waals surface area contributed by atoms with Crippen molar-refractivity contribution in [1.29, 1.82) is 0 Å². The van der Waals surface area contributed by atoms with E-state index in [2.05, 4.69) is 5.32 Å². The predicted molar refractivity (Wildman–Crippen MR) is 73.8 cm³/mol. The molecule has 0 aliphatic carbocycles. The number of alkyl halides is 3. The minimum Gasteiger partial charge on any atom is -0.381 e. The summed E-state index contributed by atoms with van der Waals surface area (Å²) in [6.45, 7) is 7.84. The van der Waals surface area contributed by atoms with Gasteiger partial charge >= 0.3 is 6.18 Å². The van der Waals surface area contributed by atoms with E-state index < -0.39 is 12.7 Å². The Morgan fingerprint density at radius 2 is 2.05 bits per heavy atom. The Kier molecular flexibility index (Phi) is 6.75. The van der Waals surface area contributed by atoms with E-state index in [1.807, 2.05) is 13.8 Å². The maximum Gasteiger partial charge on any atom is 0.401 e. The van der Waals surface area contributed by atoms with Crippen molar-refractivity contribution >= 4 is 0 Å². The quantitative estimate of drug-likeness (QED) is 0.782. The molecule has 0 amide bonds. The first-order chi connectivity index (χ1) is 9.26. The number of halogens is 3. The Hall–Kier alpha value is -0.330. The summed E-state index contributed by atoms with van der Waals surface area (Å²) >= 11 is 0. The Labute approximate surface area is 119 Å². The van der Waals surface area contributed by atoms with Crippen LogP contribution in [0.3, 0.4) is 0 Å². The molecule has 6 heteroatoms. The van der Waals surface area contributed by atoms with Gasteiger partial charge in [-0.15, -0.1) is 0 Å². The van der Waals surface area contributed by atoms with Crippen LogP contribution in [0.15, 0.2) is 0 Å². The van der Waals surface area contributed by atoms with Crippen molar-refractivity contribution in [3.8, 4) is 0 Å². The molecule has 1 atom stereocenters. The summed E-state index contributed by atoms with van der Waals surface area (Å²) in [6, 6.07) is 0.325. The van der Waals surface area contributed by atoms with Gasteiger partial charge in [0, 0.05) is 31.2 Å². The first-order valence-electron chi connectivity index (χ1n) is 7.36. The van der Waals surface area contributed by atoms with Gasteiger partial charge in [-0.25, -0.2) is 0 Å². The van der Waals surface area contributed by atoms with Crippen LogP contribution in [0, 0.1) is 5.41 Å². The molecule has 1 rings (SSSR count). The first-order valence-corrected chi connectivity index (χ1v) is 7.36. The van der Waals surface area contributed by atoms with E-state index in [9.17, 15) is 13.2 Å². The second-order valence-corrected chi connectivity index (χ2v) is 6.11. The van der Waals surface area contributed by atoms with E-state index in [-0.39, 0.29) is 5.41 Å². The van der Waals surface area contributed by atoms with Gasteiger partial charge in [0.2, 0.25) is 0 Å². The van der Waals surface area contributed by atoms with Gasteiger partial charge in [-0.1, -0.05) is 20.8 Å². The summed E-state index contributed by atoms with van der Waals surface area (Å²) in [6.07, 6.45) is -2.30. The summed E-state index contributed by atoms with van der Waals surface area (Å²) in [7, 11) is 0. The van der Waals surface area contributed by atoms with Gasteiger partial charge in [0.1, 0.15) is 0 Å². The van der Waals surface area contributed by atoms with Gasteiger partial charge in [-0.2, -0.15) is 13.2 Å². The van der Waals surface area contributed by atoms with Crippen LogP contribution in [-0.2, 0) is 4.74 Å². The molecule has 120 valence electrons. The lowest BCUT2D eigenvalue weighted by Crippen LogP contribution is -2.51. The minimum absolute atomic E-state index is 0.205. The second-order valence-electron chi connectivity index (χ2n) is 6.11. The van der Waals surface area contributed by atoms with Crippen molar-refractivity contribution < 1.29 is 17.9 Å². The molecule has 0 spiro atoms. The van der Waals surface area contributed by atoms with Crippen molar-refractivity contribution in [1.82, 2.24) is 10.2 Å². The number of nitrogens with zero attached hydrogens (tertiary/aromatic N) is 1. The second kappa shape index (κ2) is 7.61. The van der Waals surface area contributed by atoms with Crippen LogP contribution in [0.5, 0.6) is 0 Å². The molecule has 0 radical (unpaired) electrons. The molecule has 1 aliphatic rings. The molecule has 0 aromatic carbocycles. The standard InChI is InChI=1S/C14H27F3N2O/c1-4-19(10-14(15,16)17)9-13(8-18-12(2)3)6-5-7-20-11-13/h12,18H,4-11H2,1-3H3. The van der Waals surface area contributed by atoms with Crippen molar-refractivity contribution in [3.05, 3.63) is 0 Å². The van der Waals surface area contributed by atoms with E-state index >= 15 is 0 Å². The van der Waals surface area contributed by atoms with Crippen molar-refractivity contribution in [2.24, 2.45) is 5.41 Å². The van der Waals surface area contributed by atoms with Crippen LogP contribution in [0.2, 0.25) is 0 Å². The first kappa shape index (κ1) is 17.7. The Morgan fingerprint density at radius 3 is 2.50 bits per heavy atom. The highest BCUT2D eigenvalue weighted by atomic mass is 19.4. The Balaban J connectivity index is 2.66. The van der Waals surface area contributed by atoms with Crippen LogP contribution in [0.25, 0.3) is 0 Å². The summed E-state index contributed by atoms with van der Waals surface area (Å²) < 4.78 is 43.3. The molecular weight excluding hydrogens is 269 g/mol. The normalized spacial score (nSPS) is 24.6. The number of nitrogens with one attached hydrogen (secondary N) is 1. The monoisotopic (exact) mass is 296 g/mol. The van der Waals surface area contributed by atoms with E-state index in [4.69, 9.17) is 4.74 Å². The number of ether oxygens (including phenoxy) is 1. The smallest absolute Gasteiger partial charge is 0.381 e. The highest BCUT2D eigenvalue weighted by Gasteiger charge is 2.38. The van der Waals surface area contributed by atoms with E-state index in [1.54, 1.807) is 6.92 Å². The lowest BCUT2D eigenvalue weighted by molar-refractivity contribution is -0.151. The van der Waals surface area contributed by atoms with Gasteiger partial charge in [-0.3, -0.25) is 4.90 Å². The molecule has 0 bridgehead atoms. The SMILES string of the molecule is CCN(CC(F)(F)F)CC1(CNC(C)C)CCCOC1. The molecule has 0 saturated carbocycles.